The van der Waals surface area contributed by atoms with Crippen LogP contribution in [-0.2, 0) is 4.74 Å². The van der Waals surface area contributed by atoms with Gasteiger partial charge in [-0.3, -0.25) is 4.79 Å². The van der Waals surface area contributed by atoms with Crippen LogP contribution in [0.15, 0.2) is 18.2 Å². The summed E-state index contributed by atoms with van der Waals surface area (Å²) >= 11 is 0. The van der Waals surface area contributed by atoms with E-state index >= 15 is 0 Å². The number of ether oxygens (including phenoxy) is 1. The minimum Gasteiger partial charge on any atom is -0.508 e. The smallest absolute Gasteiger partial charge is 0.256 e. The lowest BCUT2D eigenvalue weighted by molar-refractivity contribution is 0.0359. The molecule has 0 atom stereocenters. The number of phenols is 1. The highest BCUT2D eigenvalue weighted by Crippen LogP contribution is 2.20. The average Bonchev–Trinajstić information content (AvgIpc) is 2.38. The number of hydrogen-bond donors (Lipinski definition) is 1. The van der Waals surface area contributed by atoms with Crippen molar-refractivity contribution in [3.05, 3.63) is 29.6 Å². The highest BCUT2D eigenvalue weighted by atomic mass is 19.1. The Hall–Kier alpha value is -1.62. The normalized spacial score (nSPS) is 16.6. The molecule has 98 valence electrons. The number of rotatable bonds is 2. The van der Waals surface area contributed by atoms with E-state index in [4.69, 9.17) is 9.84 Å². The SMILES string of the molecule is CN(C(=O)c1ccc(O)cc1F)C1CCOCC1. The molecule has 1 fully saturated rings. The molecule has 0 aliphatic carbocycles. The Labute approximate surface area is 105 Å². The Morgan fingerprint density at radius 3 is 2.72 bits per heavy atom. The van der Waals surface area contributed by atoms with E-state index < -0.39 is 5.82 Å². The Bertz CT molecular complexity index is 444. The molecule has 18 heavy (non-hydrogen) atoms. The maximum Gasteiger partial charge on any atom is 0.256 e. The third-order valence-corrected chi connectivity index (χ3v) is 3.24. The number of halogens is 1. The van der Waals surface area contributed by atoms with Crippen LogP contribution in [0, 0.1) is 5.82 Å². The highest BCUT2D eigenvalue weighted by molar-refractivity contribution is 5.94. The third kappa shape index (κ3) is 2.61. The lowest BCUT2D eigenvalue weighted by Crippen LogP contribution is -2.40. The summed E-state index contributed by atoms with van der Waals surface area (Å²) in [4.78, 5) is 13.7. The van der Waals surface area contributed by atoms with Gasteiger partial charge in [0.25, 0.3) is 5.91 Å². The summed E-state index contributed by atoms with van der Waals surface area (Å²) in [5.74, 6) is -1.24. The van der Waals surface area contributed by atoms with E-state index in [1.165, 1.54) is 12.1 Å². The van der Waals surface area contributed by atoms with Crippen molar-refractivity contribution in [3.8, 4) is 5.75 Å². The van der Waals surface area contributed by atoms with Gasteiger partial charge in [-0.2, -0.15) is 0 Å². The molecule has 0 radical (unpaired) electrons. The molecule has 1 amide bonds. The number of phenolic OH excluding ortho intramolecular Hbond substituents is 1. The molecule has 4 nitrogen and oxygen atoms in total. The summed E-state index contributed by atoms with van der Waals surface area (Å²) in [7, 11) is 1.67. The van der Waals surface area contributed by atoms with E-state index in [1.807, 2.05) is 0 Å². The van der Waals surface area contributed by atoms with Crippen LogP contribution in [0.2, 0.25) is 0 Å². The van der Waals surface area contributed by atoms with Crippen LogP contribution in [0.1, 0.15) is 23.2 Å². The number of carbonyl (C=O) groups is 1. The van der Waals surface area contributed by atoms with Crippen molar-refractivity contribution >= 4 is 5.91 Å². The quantitative estimate of drug-likeness (QED) is 0.874. The summed E-state index contributed by atoms with van der Waals surface area (Å²) in [5.41, 5.74) is -0.0122. The number of benzene rings is 1. The van der Waals surface area contributed by atoms with Crippen molar-refractivity contribution < 1.29 is 19.0 Å². The molecule has 5 heteroatoms. The first-order valence-electron chi connectivity index (χ1n) is 5.93. The van der Waals surface area contributed by atoms with Gasteiger partial charge in [0.1, 0.15) is 11.6 Å². The monoisotopic (exact) mass is 253 g/mol. The van der Waals surface area contributed by atoms with Gasteiger partial charge >= 0.3 is 0 Å². The van der Waals surface area contributed by atoms with Gasteiger partial charge in [-0.25, -0.2) is 4.39 Å². The van der Waals surface area contributed by atoms with Gasteiger partial charge in [-0.05, 0) is 25.0 Å². The second-order valence-electron chi connectivity index (χ2n) is 4.42. The van der Waals surface area contributed by atoms with Crippen LogP contribution in [0.4, 0.5) is 4.39 Å². The van der Waals surface area contributed by atoms with E-state index in [9.17, 15) is 9.18 Å². The molecule has 2 rings (SSSR count). The Morgan fingerprint density at radius 2 is 2.11 bits per heavy atom. The molecule has 0 aromatic heterocycles. The lowest BCUT2D eigenvalue weighted by Gasteiger charge is -2.31. The van der Waals surface area contributed by atoms with Crippen LogP contribution >= 0.6 is 0 Å². The molecule has 0 bridgehead atoms. The van der Waals surface area contributed by atoms with E-state index in [0.717, 1.165) is 18.9 Å². The first-order chi connectivity index (χ1) is 8.59. The highest BCUT2D eigenvalue weighted by Gasteiger charge is 2.25. The minimum atomic E-state index is -0.695. The summed E-state index contributed by atoms with van der Waals surface area (Å²) in [6.07, 6.45) is 1.53. The standard InChI is InChI=1S/C13H16FNO3/c1-15(9-4-6-18-7-5-9)13(17)11-3-2-10(16)8-12(11)14/h2-3,8-9,16H,4-7H2,1H3. The Kier molecular flexibility index (Phi) is 3.81. The fraction of sp³-hybridized carbons (Fsp3) is 0.462. The van der Waals surface area contributed by atoms with Gasteiger partial charge < -0.3 is 14.7 Å². The topological polar surface area (TPSA) is 49.8 Å². The molecule has 0 saturated carbocycles. The van der Waals surface area contributed by atoms with E-state index in [2.05, 4.69) is 0 Å². The second-order valence-corrected chi connectivity index (χ2v) is 4.42. The molecule has 1 aliphatic rings. The fourth-order valence-electron chi connectivity index (χ4n) is 2.11. The zero-order valence-electron chi connectivity index (χ0n) is 10.2. The minimum absolute atomic E-state index is 0.0122. The molecule has 1 aromatic rings. The average molecular weight is 253 g/mol. The van der Waals surface area contributed by atoms with Crippen molar-refractivity contribution in [2.45, 2.75) is 18.9 Å². The molecular formula is C13H16FNO3. The predicted octanol–water partition coefficient (Wildman–Crippen LogP) is 1.78. The van der Waals surface area contributed by atoms with Crippen LogP contribution in [0.5, 0.6) is 5.75 Å². The van der Waals surface area contributed by atoms with Gasteiger partial charge in [-0.15, -0.1) is 0 Å². The molecule has 1 heterocycles. The van der Waals surface area contributed by atoms with E-state index in [-0.39, 0.29) is 23.3 Å². The van der Waals surface area contributed by atoms with Crippen LogP contribution in [0.3, 0.4) is 0 Å². The van der Waals surface area contributed by atoms with Crippen molar-refractivity contribution in [3.63, 3.8) is 0 Å². The molecule has 1 N–H and O–H groups in total. The first kappa shape index (κ1) is 12.8. The van der Waals surface area contributed by atoms with Gasteiger partial charge in [-0.1, -0.05) is 0 Å². The largest absolute Gasteiger partial charge is 0.508 e. The lowest BCUT2D eigenvalue weighted by atomic mass is 10.1. The number of aromatic hydroxyl groups is 1. The van der Waals surface area contributed by atoms with Crippen molar-refractivity contribution in [2.24, 2.45) is 0 Å². The maximum absolute atomic E-state index is 13.6. The van der Waals surface area contributed by atoms with E-state index in [1.54, 1.807) is 11.9 Å². The summed E-state index contributed by atoms with van der Waals surface area (Å²) < 4.78 is 18.8. The van der Waals surface area contributed by atoms with Crippen LogP contribution in [0.25, 0.3) is 0 Å². The van der Waals surface area contributed by atoms with E-state index in [0.29, 0.717) is 13.2 Å². The number of hydrogen-bond acceptors (Lipinski definition) is 3. The Balaban J connectivity index is 2.14. The molecule has 0 spiro atoms. The van der Waals surface area contributed by atoms with Crippen LogP contribution in [-0.4, -0.2) is 42.2 Å². The van der Waals surface area contributed by atoms with Gasteiger partial charge in [0.2, 0.25) is 0 Å². The zero-order valence-corrected chi connectivity index (χ0v) is 10.2. The summed E-state index contributed by atoms with van der Waals surface area (Å²) in [6.45, 7) is 1.25. The van der Waals surface area contributed by atoms with Gasteiger partial charge in [0.05, 0.1) is 5.56 Å². The fourth-order valence-corrected chi connectivity index (χ4v) is 2.11. The summed E-state index contributed by atoms with van der Waals surface area (Å²) in [6, 6.07) is 3.65. The predicted molar refractivity (Wildman–Crippen MR) is 64.0 cm³/mol. The van der Waals surface area contributed by atoms with Gasteiger partial charge in [0.15, 0.2) is 0 Å². The molecule has 1 saturated heterocycles. The van der Waals surface area contributed by atoms with Crippen molar-refractivity contribution in [1.82, 2.24) is 4.90 Å². The molecular weight excluding hydrogens is 237 g/mol. The second kappa shape index (κ2) is 5.35. The Morgan fingerprint density at radius 1 is 1.44 bits per heavy atom. The zero-order chi connectivity index (χ0) is 13.1. The first-order valence-corrected chi connectivity index (χ1v) is 5.93. The van der Waals surface area contributed by atoms with Crippen LogP contribution < -0.4 is 0 Å². The number of amides is 1. The third-order valence-electron chi connectivity index (χ3n) is 3.24. The van der Waals surface area contributed by atoms with Crippen molar-refractivity contribution in [1.29, 1.82) is 0 Å². The summed E-state index contributed by atoms with van der Waals surface area (Å²) in [5, 5.41) is 9.13. The number of carbonyl (C=O) groups excluding carboxylic acids is 1. The molecule has 1 aromatic carbocycles. The van der Waals surface area contributed by atoms with Crippen molar-refractivity contribution in [2.75, 3.05) is 20.3 Å². The maximum atomic E-state index is 13.6. The van der Waals surface area contributed by atoms with Gasteiger partial charge in [0, 0.05) is 32.4 Å². The molecule has 0 unspecified atom stereocenters. The number of nitrogens with zero attached hydrogens (tertiary/aromatic N) is 1. The molecule has 1 aliphatic heterocycles.